The van der Waals surface area contributed by atoms with Crippen LogP contribution in [-0.2, 0) is 0 Å². The van der Waals surface area contributed by atoms with Crippen LogP contribution in [0.4, 0.5) is 11.7 Å². The molecule has 0 aliphatic heterocycles. The number of benzene rings is 1. The van der Waals surface area contributed by atoms with E-state index in [4.69, 9.17) is 10.2 Å². The Morgan fingerprint density at radius 1 is 1.26 bits per heavy atom. The number of hydrogen-bond acceptors (Lipinski definition) is 4. The molecule has 0 fully saturated rings. The second-order valence-electron chi connectivity index (χ2n) is 5.62. The highest BCUT2D eigenvalue weighted by atomic mass is 16.4. The maximum Gasteiger partial charge on any atom is 0.295 e. The van der Waals surface area contributed by atoms with E-state index >= 15 is 0 Å². The third-order valence-corrected chi connectivity index (χ3v) is 3.20. The van der Waals surface area contributed by atoms with Crippen molar-refractivity contribution < 1.29 is 4.42 Å². The predicted molar refractivity (Wildman–Crippen MR) is 80.2 cm³/mol. The van der Waals surface area contributed by atoms with E-state index in [1.54, 1.807) is 6.07 Å². The molecule has 2 rings (SSSR count). The quantitative estimate of drug-likeness (QED) is 0.770. The van der Waals surface area contributed by atoms with Crippen LogP contribution in [0, 0.1) is 5.92 Å². The maximum absolute atomic E-state index is 5.72. The van der Waals surface area contributed by atoms with Gasteiger partial charge in [-0.3, -0.25) is 0 Å². The molecule has 1 aromatic heterocycles. The number of anilines is 2. The maximum atomic E-state index is 5.72. The van der Waals surface area contributed by atoms with Gasteiger partial charge >= 0.3 is 0 Å². The highest BCUT2D eigenvalue weighted by Crippen LogP contribution is 2.22. The number of nitrogens with one attached hydrogen (secondary N) is 1. The zero-order chi connectivity index (χ0) is 13.8. The number of rotatable bonds is 6. The Morgan fingerprint density at radius 3 is 2.79 bits per heavy atom. The minimum absolute atomic E-state index is 0.365. The number of nitrogens with two attached hydrogens (primary N) is 1. The molecule has 0 aliphatic carbocycles. The van der Waals surface area contributed by atoms with E-state index < -0.39 is 0 Å². The lowest BCUT2D eigenvalue weighted by Crippen LogP contribution is -2.15. The smallest absolute Gasteiger partial charge is 0.295 e. The minimum atomic E-state index is 0.365. The monoisotopic (exact) mass is 261 g/mol. The van der Waals surface area contributed by atoms with Crippen LogP contribution in [0.1, 0.15) is 40.0 Å². The van der Waals surface area contributed by atoms with Gasteiger partial charge < -0.3 is 15.5 Å². The second-order valence-corrected chi connectivity index (χ2v) is 5.62. The van der Waals surface area contributed by atoms with Crippen LogP contribution in [-0.4, -0.2) is 11.0 Å². The highest BCUT2D eigenvalue weighted by Gasteiger charge is 2.09. The minimum Gasteiger partial charge on any atom is -0.423 e. The van der Waals surface area contributed by atoms with Crippen molar-refractivity contribution in [2.75, 3.05) is 11.1 Å². The van der Waals surface area contributed by atoms with Crippen LogP contribution < -0.4 is 11.1 Å². The van der Waals surface area contributed by atoms with E-state index in [2.05, 4.69) is 31.1 Å². The van der Waals surface area contributed by atoms with Crippen LogP contribution in [0.15, 0.2) is 22.6 Å². The van der Waals surface area contributed by atoms with E-state index in [0.717, 1.165) is 23.4 Å². The first-order valence-corrected chi connectivity index (χ1v) is 6.97. The Morgan fingerprint density at radius 2 is 2.05 bits per heavy atom. The van der Waals surface area contributed by atoms with Crippen LogP contribution >= 0.6 is 0 Å². The molecule has 0 saturated carbocycles. The summed E-state index contributed by atoms with van der Waals surface area (Å²) in [7, 11) is 0. The van der Waals surface area contributed by atoms with Gasteiger partial charge in [0.1, 0.15) is 5.52 Å². The van der Waals surface area contributed by atoms with Gasteiger partial charge in [0.2, 0.25) is 0 Å². The topological polar surface area (TPSA) is 64.1 Å². The molecular formula is C15H23N3O. The van der Waals surface area contributed by atoms with Crippen LogP contribution in [0.5, 0.6) is 0 Å². The molecule has 19 heavy (non-hydrogen) atoms. The lowest BCUT2D eigenvalue weighted by Gasteiger charge is -2.12. The molecule has 4 heteroatoms. The summed E-state index contributed by atoms with van der Waals surface area (Å²) in [5, 5.41) is 3.31. The summed E-state index contributed by atoms with van der Waals surface area (Å²) in [5.74, 6) is 0.763. The Bertz CT molecular complexity index is 533. The normalized spacial score (nSPS) is 13.1. The number of nitrogen functional groups attached to an aromatic ring is 1. The van der Waals surface area contributed by atoms with Gasteiger partial charge in [0.05, 0.1) is 0 Å². The highest BCUT2D eigenvalue weighted by molar-refractivity contribution is 5.78. The molecule has 0 radical (unpaired) electrons. The molecular weight excluding hydrogens is 238 g/mol. The number of nitrogens with zero attached hydrogens (tertiary/aromatic N) is 1. The van der Waals surface area contributed by atoms with Gasteiger partial charge in [-0.1, -0.05) is 26.7 Å². The van der Waals surface area contributed by atoms with E-state index in [-0.39, 0.29) is 0 Å². The van der Waals surface area contributed by atoms with Gasteiger partial charge in [-0.25, -0.2) is 0 Å². The van der Waals surface area contributed by atoms with Crippen molar-refractivity contribution in [2.45, 2.75) is 46.1 Å². The van der Waals surface area contributed by atoms with Crippen LogP contribution in [0.25, 0.3) is 11.1 Å². The van der Waals surface area contributed by atoms with Crippen molar-refractivity contribution >= 4 is 22.8 Å². The Hall–Kier alpha value is -1.71. The summed E-state index contributed by atoms with van der Waals surface area (Å²) in [6.07, 6.45) is 3.61. The van der Waals surface area contributed by atoms with Crippen molar-refractivity contribution in [1.82, 2.24) is 4.98 Å². The van der Waals surface area contributed by atoms with Gasteiger partial charge in [-0.15, -0.1) is 0 Å². The summed E-state index contributed by atoms with van der Waals surface area (Å²) >= 11 is 0. The zero-order valence-electron chi connectivity index (χ0n) is 11.9. The molecule has 0 bridgehead atoms. The summed E-state index contributed by atoms with van der Waals surface area (Å²) < 4.78 is 5.64. The number of hydrogen-bond donors (Lipinski definition) is 2. The van der Waals surface area contributed by atoms with Crippen molar-refractivity contribution in [3.63, 3.8) is 0 Å². The summed E-state index contributed by atoms with van der Waals surface area (Å²) in [4.78, 5) is 4.40. The Labute approximate surface area is 114 Å². The third-order valence-electron chi connectivity index (χ3n) is 3.20. The largest absolute Gasteiger partial charge is 0.423 e. The summed E-state index contributed by atoms with van der Waals surface area (Å²) in [6.45, 7) is 6.66. The lowest BCUT2D eigenvalue weighted by molar-refractivity contribution is 0.512. The van der Waals surface area contributed by atoms with E-state index in [1.807, 2.05) is 12.1 Å². The van der Waals surface area contributed by atoms with Crippen molar-refractivity contribution in [1.29, 1.82) is 0 Å². The Balaban J connectivity index is 1.93. The fourth-order valence-electron chi connectivity index (χ4n) is 2.12. The summed E-state index contributed by atoms with van der Waals surface area (Å²) in [5.41, 5.74) is 7.99. The van der Waals surface area contributed by atoms with Gasteiger partial charge in [0.25, 0.3) is 6.01 Å². The second kappa shape index (κ2) is 5.95. The molecule has 1 unspecified atom stereocenters. The molecule has 1 atom stereocenters. The zero-order valence-corrected chi connectivity index (χ0v) is 11.9. The lowest BCUT2D eigenvalue weighted by atomic mass is 10.0. The Kier molecular flexibility index (Phi) is 4.30. The first-order valence-electron chi connectivity index (χ1n) is 6.97. The van der Waals surface area contributed by atoms with Crippen LogP contribution in [0.2, 0.25) is 0 Å². The first kappa shape index (κ1) is 13.7. The molecule has 0 amide bonds. The fourth-order valence-corrected chi connectivity index (χ4v) is 2.12. The molecule has 4 nitrogen and oxygen atoms in total. The van der Waals surface area contributed by atoms with Gasteiger partial charge in [-0.05, 0) is 31.4 Å². The molecule has 0 aliphatic rings. The SMILES string of the molecule is CC(C)CCCC(C)Nc1nc2ccc(N)cc2o1. The van der Waals surface area contributed by atoms with Crippen molar-refractivity contribution in [3.05, 3.63) is 18.2 Å². The van der Waals surface area contributed by atoms with Gasteiger partial charge in [0.15, 0.2) is 5.58 Å². The molecule has 3 N–H and O–H groups in total. The van der Waals surface area contributed by atoms with Crippen molar-refractivity contribution in [3.8, 4) is 0 Å². The van der Waals surface area contributed by atoms with Gasteiger partial charge in [0, 0.05) is 17.8 Å². The van der Waals surface area contributed by atoms with Crippen molar-refractivity contribution in [2.24, 2.45) is 5.92 Å². The standard InChI is InChI=1S/C15H23N3O/c1-10(2)5-4-6-11(3)17-15-18-13-8-7-12(16)9-14(13)19-15/h7-11H,4-6,16H2,1-3H3,(H,17,18). The molecule has 0 spiro atoms. The average molecular weight is 261 g/mol. The molecule has 1 heterocycles. The average Bonchev–Trinajstić information content (AvgIpc) is 2.69. The summed E-state index contributed by atoms with van der Waals surface area (Å²) in [6, 6.07) is 6.46. The van der Waals surface area contributed by atoms with E-state index in [1.165, 1.54) is 12.8 Å². The molecule has 0 saturated heterocycles. The number of oxazole rings is 1. The molecule has 1 aromatic carbocycles. The fraction of sp³-hybridized carbons (Fsp3) is 0.533. The van der Waals surface area contributed by atoms with E-state index in [9.17, 15) is 0 Å². The number of fused-ring (bicyclic) bond motifs is 1. The molecule has 104 valence electrons. The number of aromatic nitrogens is 1. The van der Waals surface area contributed by atoms with E-state index in [0.29, 0.717) is 17.7 Å². The first-order chi connectivity index (χ1) is 9.04. The van der Waals surface area contributed by atoms with Crippen LogP contribution in [0.3, 0.4) is 0 Å². The third kappa shape index (κ3) is 3.88. The van der Waals surface area contributed by atoms with Gasteiger partial charge in [-0.2, -0.15) is 4.98 Å². The molecule has 2 aromatic rings. The predicted octanol–water partition coefficient (Wildman–Crippen LogP) is 4.04.